The van der Waals surface area contributed by atoms with E-state index in [9.17, 15) is 0 Å². The Morgan fingerprint density at radius 2 is 2.25 bits per heavy atom. The van der Waals surface area contributed by atoms with Crippen molar-refractivity contribution in [3.05, 3.63) is 11.6 Å². The molecule has 3 heterocycles. The first-order chi connectivity index (χ1) is 7.84. The monoisotopic (exact) mass is 237 g/mol. The Kier molecular flexibility index (Phi) is 2.92. The van der Waals surface area contributed by atoms with Crippen LogP contribution in [0.25, 0.3) is 0 Å². The van der Waals surface area contributed by atoms with Gasteiger partial charge in [0.1, 0.15) is 5.82 Å². The van der Waals surface area contributed by atoms with Gasteiger partial charge in [-0.25, -0.2) is 9.67 Å². The summed E-state index contributed by atoms with van der Waals surface area (Å²) in [4.78, 5) is 4.76. The molecule has 2 unspecified atom stereocenters. The Morgan fingerprint density at radius 1 is 1.31 bits per heavy atom. The molecule has 88 valence electrons. The molecule has 0 aromatic carbocycles. The van der Waals surface area contributed by atoms with Gasteiger partial charge >= 0.3 is 0 Å². The van der Waals surface area contributed by atoms with E-state index in [1.165, 1.54) is 43.0 Å². The number of aryl methyl sites for hydroxylation is 1. The summed E-state index contributed by atoms with van der Waals surface area (Å²) < 4.78 is 2.18. The molecule has 1 saturated heterocycles. The fraction of sp³-hybridized carbons (Fsp3) is 0.833. The zero-order valence-corrected chi connectivity index (χ0v) is 10.7. The molecule has 3 nitrogen and oxygen atoms in total. The first kappa shape index (κ1) is 10.6. The second-order valence-electron chi connectivity index (χ2n) is 4.99. The largest absolute Gasteiger partial charge is 0.247 e. The summed E-state index contributed by atoms with van der Waals surface area (Å²) in [5.74, 6) is 5.50. The third kappa shape index (κ3) is 1.88. The van der Waals surface area contributed by atoms with E-state index in [1.54, 1.807) is 0 Å². The van der Waals surface area contributed by atoms with Crippen LogP contribution in [0.5, 0.6) is 0 Å². The molecular weight excluding hydrogens is 218 g/mol. The minimum atomic E-state index is 0.557. The van der Waals surface area contributed by atoms with E-state index in [4.69, 9.17) is 10.1 Å². The first-order valence-corrected chi connectivity index (χ1v) is 7.53. The average Bonchev–Trinajstić information content (AvgIpc) is 2.76. The Labute approximate surface area is 101 Å². The van der Waals surface area contributed by atoms with Crippen LogP contribution in [0.2, 0.25) is 0 Å². The van der Waals surface area contributed by atoms with Gasteiger partial charge in [0.25, 0.3) is 0 Å². The SMILES string of the molecule is CC1CCCc2nc(C3CCCSC3)nn21. The molecule has 4 heteroatoms. The summed E-state index contributed by atoms with van der Waals surface area (Å²) in [5.41, 5.74) is 0. The molecular formula is C12H19N3S. The van der Waals surface area contributed by atoms with Crippen LogP contribution in [0, 0.1) is 0 Å². The topological polar surface area (TPSA) is 30.7 Å². The van der Waals surface area contributed by atoms with Crippen molar-refractivity contribution in [1.29, 1.82) is 0 Å². The standard InChI is InChI=1S/C12H19N3S/c1-9-4-2-6-11-13-12(14-15(9)11)10-5-3-7-16-8-10/h9-10H,2-8H2,1H3. The molecule has 3 rings (SSSR count). The Morgan fingerprint density at radius 3 is 3.00 bits per heavy atom. The van der Waals surface area contributed by atoms with E-state index in [0.29, 0.717) is 12.0 Å². The second-order valence-corrected chi connectivity index (χ2v) is 6.14. The number of hydrogen-bond donors (Lipinski definition) is 0. The number of rotatable bonds is 1. The molecule has 0 N–H and O–H groups in total. The van der Waals surface area contributed by atoms with Crippen LogP contribution in [-0.4, -0.2) is 26.3 Å². The summed E-state index contributed by atoms with van der Waals surface area (Å²) in [6, 6.07) is 0.557. The lowest BCUT2D eigenvalue weighted by Gasteiger charge is -2.19. The summed E-state index contributed by atoms with van der Waals surface area (Å²) >= 11 is 2.06. The van der Waals surface area contributed by atoms with Crippen LogP contribution in [-0.2, 0) is 6.42 Å². The number of aromatic nitrogens is 3. The maximum atomic E-state index is 4.76. The summed E-state index contributed by atoms with van der Waals surface area (Å²) in [5, 5.41) is 4.75. The van der Waals surface area contributed by atoms with Crippen LogP contribution in [0.1, 0.15) is 56.2 Å². The Hall–Kier alpha value is -0.510. The maximum absolute atomic E-state index is 4.76. The fourth-order valence-corrected chi connectivity index (χ4v) is 3.83. The zero-order valence-electron chi connectivity index (χ0n) is 9.85. The molecule has 1 aromatic rings. The Balaban J connectivity index is 1.85. The fourth-order valence-electron chi connectivity index (χ4n) is 2.69. The minimum absolute atomic E-state index is 0.557. The summed E-state index contributed by atoms with van der Waals surface area (Å²) in [6.45, 7) is 2.26. The van der Waals surface area contributed by atoms with Crippen molar-refractivity contribution in [2.75, 3.05) is 11.5 Å². The molecule has 0 spiro atoms. The molecule has 16 heavy (non-hydrogen) atoms. The van der Waals surface area contributed by atoms with E-state index >= 15 is 0 Å². The van der Waals surface area contributed by atoms with Crippen LogP contribution < -0.4 is 0 Å². The van der Waals surface area contributed by atoms with Gasteiger partial charge in [-0.3, -0.25) is 0 Å². The van der Waals surface area contributed by atoms with Gasteiger partial charge in [-0.2, -0.15) is 16.9 Å². The normalized spacial score (nSPS) is 30.1. The van der Waals surface area contributed by atoms with Gasteiger partial charge in [-0.1, -0.05) is 0 Å². The quantitative estimate of drug-likeness (QED) is 0.752. The third-order valence-corrected chi connectivity index (χ3v) is 4.90. The molecule has 0 aliphatic carbocycles. The highest BCUT2D eigenvalue weighted by atomic mass is 32.2. The van der Waals surface area contributed by atoms with Gasteiger partial charge in [-0.15, -0.1) is 0 Å². The molecule has 2 atom stereocenters. The van der Waals surface area contributed by atoms with Crippen molar-refractivity contribution >= 4 is 11.8 Å². The number of hydrogen-bond acceptors (Lipinski definition) is 3. The maximum Gasteiger partial charge on any atom is 0.154 e. The lowest BCUT2D eigenvalue weighted by molar-refractivity contribution is 0.386. The van der Waals surface area contributed by atoms with Crippen molar-refractivity contribution in [3.8, 4) is 0 Å². The van der Waals surface area contributed by atoms with Gasteiger partial charge in [0.2, 0.25) is 0 Å². The lowest BCUT2D eigenvalue weighted by Crippen LogP contribution is -2.16. The molecule has 0 bridgehead atoms. The molecule has 0 saturated carbocycles. The molecule has 1 aromatic heterocycles. The van der Waals surface area contributed by atoms with Crippen molar-refractivity contribution in [3.63, 3.8) is 0 Å². The molecule has 0 radical (unpaired) electrons. The van der Waals surface area contributed by atoms with Crippen molar-refractivity contribution in [1.82, 2.24) is 14.8 Å². The predicted molar refractivity (Wildman–Crippen MR) is 67.0 cm³/mol. The van der Waals surface area contributed by atoms with Crippen molar-refractivity contribution in [2.45, 2.75) is 51.0 Å². The average molecular weight is 237 g/mol. The zero-order chi connectivity index (χ0) is 11.0. The number of fused-ring (bicyclic) bond motifs is 1. The van der Waals surface area contributed by atoms with E-state index in [0.717, 1.165) is 12.2 Å². The van der Waals surface area contributed by atoms with Crippen LogP contribution in [0.3, 0.4) is 0 Å². The molecule has 1 fully saturated rings. The third-order valence-electron chi connectivity index (χ3n) is 3.68. The predicted octanol–water partition coefficient (Wildman–Crippen LogP) is 2.79. The van der Waals surface area contributed by atoms with Gasteiger partial charge < -0.3 is 0 Å². The summed E-state index contributed by atoms with van der Waals surface area (Å²) in [6.07, 6.45) is 6.27. The van der Waals surface area contributed by atoms with E-state index < -0.39 is 0 Å². The van der Waals surface area contributed by atoms with Crippen LogP contribution >= 0.6 is 11.8 Å². The van der Waals surface area contributed by atoms with Crippen LogP contribution in [0.15, 0.2) is 0 Å². The van der Waals surface area contributed by atoms with Gasteiger partial charge in [0.15, 0.2) is 5.82 Å². The van der Waals surface area contributed by atoms with E-state index in [-0.39, 0.29) is 0 Å². The van der Waals surface area contributed by atoms with E-state index in [2.05, 4.69) is 23.4 Å². The molecule has 0 amide bonds. The summed E-state index contributed by atoms with van der Waals surface area (Å²) in [7, 11) is 0. The van der Waals surface area contributed by atoms with Gasteiger partial charge in [-0.05, 0) is 38.4 Å². The number of thioether (sulfide) groups is 1. The van der Waals surface area contributed by atoms with Crippen molar-refractivity contribution in [2.24, 2.45) is 0 Å². The van der Waals surface area contributed by atoms with Gasteiger partial charge in [0.05, 0.1) is 6.04 Å². The van der Waals surface area contributed by atoms with Gasteiger partial charge in [0, 0.05) is 18.1 Å². The van der Waals surface area contributed by atoms with Crippen molar-refractivity contribution < 1.29 is 0 Å². The minimum Gasteiger partial charge on any atom is -0.247 e. The van der Waals surface area contributed by atoms with E-state index in [1.807, 2.05) is 0 Å². The highest BCUT2D eigenvalue weighted by Crippen LogP contribution is 2.31. The lowest BCUT2D eigenvalue weighted by atomic mass is 10.1. The second kappa shape index (κ2) is 4.40. The Bertz CT molecular complexity index is 368. The number of nitrogens with zero attached hydrogens (tertiary/aromatic N) is 3. The first-order valence-electron chi connectivity index (χ1n) is 6.37. The molecule has 2 aliphatic heterocycles. The molecule has 2 aliphatic rings. The smallest absolute Gasteiger partial charge is 0.154 e. The highest BCUT2D eigenvalue weighted by molar-refractivity contribution is 7.99. The highest BCUT2D eigenvalue weighted by Gasteiger charge is 2.25. The van der Waals surface area contributed by atoms with Crippen LogP contribution in [0.4, 0.5) is 0 Å².